The van der Waals surface area contributed by atoms with Crippen molar-refractivity contribution in [3.05, 3.63) is 11.6 Å². The van der Waals surface area contributed by atoms with Crippen molar-refractivity contribution in [1.29, 1.82) is 0 Å². The maximum absolute atomic E-state index is 2.76. The number of hydrogen-bond acceptors (Lipinski definition) is 0. The molecule has 3 saturated carbocycles. The van der Waals surface area contributed by atoms with E-state index in [1.54, 1.807) is 12.8 Å². The lowest BCUT2D eigenvalue weighted by Gasteiger charge is -2.55. The van der Waals surface area contributed by atoms with E-state index in [0.29, 0.717) is 10.8 Å². The van der Waals surface area contributed by atoms with Gasteiger partial charge in [0.2, 0.25) is 0 Å². The van der Waals surface area contributed by atoms with E-state index in [9.17, 15) is 0 Å². The van der Waals surface area contributed by atoms with Gasteiger partial charge >= 0.3 is 0 Å². The fourth-order valence-corrected chi connectivity index (χ4v) is 8.75. The topological polar surface area (TPSA) is 0 Å². The molecule has 0 spiro atoms. The minimum absolute atomic E-state index is 0.603. The summed E-state index contributed by atoms with van der Waals surface area (Å²) in [5, 5.41) is 0. The Labute approximate surface area is 163 Å². The average molecular weight is 357 g/mol. The zero-order chi connectivity index (χ0) is 18.5. The van der Waals surface area contributed by atoms with Crippen LogP contribution < -0.4 is 0 Å². The van der Waals surface area contributed by atoms with Crippen LogP contribution in [0.5, 0.6) is 0 Å². The summed E-state index contributed by atoms with van der Waals surface area (Å²) < 4.78 is 0. The first kappa shape index (κ1) is 19.1. The summed E-state index contributed by atoms with van der Waals surface area (Å²) in [5.41, 5.74) is 3.13. The van der Waals surface area contributed by atoms with E-state index >= 15 is 0 Å². The van der Waals surface area contributed by atoms with E-state index in [0.717, 1.165) is 35.5 Å². The molecule has 0 aromatic rings. The Hall–Kier alpha value is -0.260. The van der Waals surface area contributed by atoms with Crippen molar-refractivity contribution in [2.75, 3.05) is 0 Å². The van der Waals surface area contributed by atoms with Gasteiger partial charge in [0, 0.05) is 0 Å². The van der Waals surface area contributed by atoms with Crippen LogP contribution >= 0.6 is 0 Å². The van der Waals surface area contributed by atoms with E-state index in [4.69, 9.17) is 0 Å². The summed E-state index contributed by atoms with van der Waals surface area (Å²) in [6, 6.07) is 0. The zero-order valence-corrected chi connectivity index (χ0v) is 18.3. The Morgan fingerprint density at radius 2 is 1.88 bits per heavy atom. The molecule has 0 aromatic carbocycles. The molecule has 2 bridgehead atoms. The van der Waals surface area contributed by atoms with Crippen molar-refractivity contribution in [3.8, 4) is 0 Å². The Morgan fingerprint density at radius 3 is 2.62 bits per heavy atom. The second kappa shape index (κ2) is 6.97. The standard InChI is InChI=1S/C26H44/c1-6-19(4)22-10-11-24-21-9-8-20-16-18(3)12-14-25(5,17-20)23(21)13-15-26(22,24)7-2/h8,18-19,21-24H,6-7,9-17H2,1-5H3/t18-,19?,21?,22?,23?,24?,25-,26+/m0/s1. The second-order valence-electron chi connectivity index (χ2n) is 11.3. The number of hydrogen-bond donors (Lipinski definition) is 0. The van der Waals surface area contributed by atoms with Crippen LogP contribution in [0.3, 0.4) is 0 Å². The van der Waals surface area contributed by atoms with Crippen molar-refractivity contribution in [2.45, 2.75) is 105 Å². The third-order valence-electron chi connectivity index (χ3n) is 10.2. The van der Waals surface area contributed by atoms with Crippen molar-refractivity contribution in [1.82, 2.24) is 0 Å². The fourth-order valence-electron chi connectivity index (χ4n) is 8.75. The van der Waals surface area contributed by atoms with Gasteiger partial charge < -0.3 is 0 Å². The minimum atomic E-state index is 0.603. The van der Waals surface area contributed by atoms with Crippen LogP contribution in [0.4, 0.5) is 0 Å². The number of rotatable bonds is 3. The molecule has 0 radical (unpaired) electrons. The third-order valence-corrected chi connectivity index (χ3v) is 10.2. The molecule has 8 atom stereocenters. The normalized spacial score (nSPS) is 49.4. The number of fused-ring (bicyclic) bond motifs is 6. The highest BCUT2D eigenvalue weighted by atomic mass is 14.6. The summed E-state index contributed by atoms with van der Waals surface area (Å²) in [5.74, 6) is 5.88. The average Bonchev–Trinajstić information content (AvgIpc) is 2.88. The minimum Gasteiger partial charge on any atom is -0.0850 e. The summed E-state index contributed by atoms with van der Waals surface area (Å²) >= 11 is 0. The predicted octanol–water partition coefficient (Wildman–Crippen LogP) is 8.03. The lowest BCUT2D eigenvalue weighted by atomic mass is 9.50. The molecule has 4 aliphatic carbocycles. The highest BCUT2D eigenvalue weighted by Crippen LogP contribution is 2.67. The molecule has 0 N–H and O–H groups in total. The van der Waals surface area contributed by atoms with E-state index in [2.05, 4.69) is 40.7 Å². The van der Waals surface area contributed by atoms with Gasteiger partial charge in [0.15, 0.2) is 0 Å². The Morgan fingerprint density at radius 1 is 1.08 bits per heavy atom. The first-order chi connectivity index (χ1) is 12.4. The largest absolute Gasteiger partial charge is 0.0850 e. The SMILES string of the molecule is CCC(C)C1CCC2C3CC=C4C[C@@H](C)CC[C@@](C)(C4)C3CC[C@]12CC. The van der Waals surface area contributed by atoms with Crippen LogP contribution in [0, 0.1) is 46.3 Å². The van der Waals surface area contributed by atoms with E-state index in [1.165, 1.54) is 57.8 Å². The Balaban J connectivity index is 1.68. The van der Waals surface area contributed by atoms with Gasteiger partial charge in [0.05, 0.1) is 0 Å². The first-order valence-corrected chi connectivity index (χ1v) is 12.1. The van der Waals surface area contributed by atoms with Gasteiger partial charge in [-0.05, 0) is 111 Å². The monoisotopic (exact) mass is 356 g/mol. The van der Waals surface area contributed by atoms with Gasteiger partial charge in [0.25, 0.3) is 0 Å². The van der Waals surface area contributed by atoms with E-state index in [1.807, 2.05) is 5.57 Å². The lowest BCUT2D eigenvalue weighted by Crippen LogP contribution is -2.48. The molecule has 0 aliphatic heterocycles. The predicted molar refractivity (Wildman–Crippen MR) is 113 cm³/mol. The first-order valence-electron chi connectivity index (χ1n) is 12.1. The molecule has 148 valence electrons. The van der Waals surface area contributed by atoms with Crippen molar-refractivity contribution in [2.24, 2.45) is 46.3 Å². The van der Waals surface area contributed by atoms with Gasteiger partial charge in [-0.1, -0.05) is 52.7 Å². The Bertz CT molecular complexity index is 544. The molecule has 26 heavy (non-hydrogen) atoms. The van der Waals surface area contributed by atoms with Crippen LogP contribution in [0.25, 0.3) is 0 Å². The van der Waals surface area contributed by atoms with Crippen LogP contribution in [0.1, 0.15) is 105 Å². The molecular formula is C26H44. The molecule has 0 heterocycles. The van der Waals surface area contributed by atoms with Crippen LogP contribution in [-0.2, 0) is 0 Å². The van der Waals surface area contributed by atoms with Gasteiger partial charge in [-0.2, -0.15) is 0 Å². The Kier molecular flexibility index (Phi) is 5.11. The molecule has 0 aromatic heterocycles. The second-order valence-corrected chi connectivity index (χ2v) is 11.3. The van der Waals surface area contributed by atoms with Crippen LogP contribution in [-0.4, -0.2) is 0 Å². The maximum atomic E-state index is 2.76. The molecule has 0 saturated heterocycles. The van der Waals surface area contributed by atoms with Crippen LogP contribution in [0.15, 0.2) is 11.6 Å². The molecule has 3 fully saturated rings. The van der Waals surface area contributed by atoms with Crippen molar-refractivity contribution in [3.63, 3.8) is 0 Å². The highest BCUT2D eigenvalue weighted by Gasteiger charge is 2.58. The molecular weight excluding hydrogens is 312 g/mol. The van der Waals surface area contributed by atoms with Crippen molar-refractivity contribution < 1.29 is 0 Å². The lowest BCUT2D eigenvalue weighted by molar-refractivity contribution is -0.0595. The van der Waals surface area contributed by atoms with E-state index < -0.39 is 0 Å². The summed E-state index contributed by atoms with van der Waals surface area (Å²) in [6.07, 6.45) is 18.9. The molecule has 4 aliphatic rings. The van der Waals surface area contributed by atoms with E-state index in [-0.39, 0.29) is 0 Å². The molecule has 4 rings (SSSR count). The molecule has 5 unspecified atom stereocenters. The smallest absolute Gasteiger partial charge is 0.0238 e. The summed E-state index contributed by atoms with van der Waals surface area (Å²) in [7, 11) is 0. The highest BCUT2D eigenvalue weighted by molar-refractivity contribution is 5.17. The molecule has 0 heteroatoms. The van der Waals surface area contributed by atoms with Gasteiger partial charge in [-0.15, -0.1) is 0 Å². The zero-order valence-electron chi connectivity index (χ0n) is 18.3. The molecule has 0 amide bonds. The third kappa shape index (κ3) is 2.84. The summed E-state index contributed by atoms with van der Waals surface area (Å²) in [4.78, 5) is 0. The quantitative estimate of drug-likeness (QED) is 0.449. The van der Waals surface area contributed by atoms with Gasteiger partial charge in [-0.25, -0.2) is 0 Å². The van der Waals surface area contributed by atoms with Gasteiger partial charge in [-0.3, -0.25) is 0 Å². The maximum Gasteiger partial charge on any atom is -0.0238 e. The van der Waals surface area contributed by atoms with Crippen LogP contribution in [0.2, 0.25) is 0 Å². The number of allylic oxidation sites excluding steroid dienone is 2. The summed E-state index contributed by atoms with van der Waals surface area (Å²) in [6.45, 7) is 12.7. The fraction of sp³-hybridized carbons (Fsp3) is 0.923. The van der Waals surface area contributed by atoms with Crippen molar-refractivity contribution >= 4 is 0 Å². The molecule has 0 nitrogen and oxygen atoms in total. The van der Waals surface area contributed by atoms with Gasteiger partial charge in [0.1, 0.15) is 0 Å².